The molecular weight excluding hydrogens is 274 g/mol. The third kappa shape index (κ3) is 2.56. The number of rotatable bonds is 3. The third-order valence-corrected chi connectivity index (χ3v) is 3.55. The zero-order valence-corrected chi connectivity index (χ0v) is 11.5. The Morgan fingerprint density at radius 1 is 1.25 bits per heavy atom. The molecule has 4 N–H and O–H groups in total. The number of carbonyl (C=O) groups excluding carboxylic acids is 1. The molecule has 0 fully saturated rings. The van der Waals surface area contributed by atoms with E-state index in [1.165, 1.54) is 0 Å². The molecule has 0 bridgehead atoms. The predicted molar refractivity (Wildman–Crippen MR) is 82.0 cm³/mol. The molecule has 2 aromatic rings. The molecular formula is C15H14ClN3O. The standard InChI is InChI=1S/C15H14ClN3O/c16-11-3-1-9(2-4-11)8-18-14-7-13-10(5-12(14)17)6-15(20)19-13/h1-5,7,18H,6,8,17H2,(H,19,20). The van der Waals surface area contributed by atoms with Crippen molar-refractivity contribution in [3.8, 4) is 0 Å². The average Bonchev–Trinajstić information content (AvgIpc) is 2.77. The molecule has 0 atom stereocenters. The molecule has 2 aromatic carbocycles. The SMILES string of the molecule is Nc1cc2c(cc1NCc1ccc(Cl)cc1)NC(=O)C2. The summed E-state index contributed by atoms with van der Waals surface area (Å²) < 4.78 is 0. The van der Waals surface area contributed by atoms with Gasteiger partial charge in [0.1, 0.15) is 0 Å². The Bertz CT molecular complexity index is 668. The predicted octanol–water partition coefficient (Wildman–Crippen LogP) is 3.03. The molecule has 1 amide bonds. The number of hydrogen-bond donors (Lipinski definition) is 3. The van der Waals surface area contributed by atoms with Gasteiger partial charge in [-0.2, -0.15) is 0 Å². The summed E-state index contributed by atoms with van der Waals surface area (Å²) in [4.78, 5) is 11.3. The van der Waals surface area contributed by atoms with Gasteiger partial charge in [0.15, 0.2) is 0 Å². The number of amides is 1. The number of nitrogen functional groups attached to an aromatic ring is 1. The van der Waals surface area contributed by atoms with Gasteiger partial charge in [0.25, 0.3) is 0 Å². The van der Waals surface area contributed by atoms with Gasteiger partial charge in [0.2, 0.25) is 5.91 Å². The molecule has 1 aliphatic heterocycles. The van der Waals surface area contributed by atoms with Crippen molar-refractivity contribution in [3.05, 3.63) is 52.5 Å². The highest BCUT2D eigenvalue weighted by molar-refractivity contribution is 6.30. The summed E-state index contributed by atoms with van der Waals surface area (Å²) in [5, 5.41) is 6.81. The third-order valence-electron chi connectivity index (χ3n) is 3.30. The maximum atomic E-state index is 11.3. The first-order valence-electron chi connectivity index (χ1n) is 6.32. The normalized spacial score (nSPS) is 12.9. The Balaban J connectivity index is 1.76. The number of nitrogens with two attached hydrogens (primary N) is 1. The molecule has 0 radical (unpaired) electrons. The fraction of sp³-hybridized carbons (Fsp3) is 0.133. The molecule has 1 heterocycles. The highest BCUT2D eigenvalue weighted by atomic mass is 35.5. The lowest BCUT2D eigenvalue weighted by molar-refractivity contribution is -0.115. The largest absolute Gasteiger partial charge is 0.397 e. The van der Waals surface area contributed by atoms with Gasteiger partial charge in [-0.25, -0.2) is 0 Å². The lowest BCUT2D eigenvalue weighted by atomic mass is 10.1. The van der Waals surface area contributed by atoms with Gasteiger partial charge in [-0.05, 0) is 35.4 Å². The van der Waals surface area contributed by atoms with Crippen LogP contribution < -0.4 is 16.4 Å². The van der Waals surface area contributed by atoms with Crippen molar-refractivity contribution in [3.63, 3.8) is 0 Å². The van der Waals surface area contributed by atoms with E-state index in [1.54, 1.807) is 0 Å². The minimum atomic E-state index is 0.00857. The van der Waals surface area contributed by atoms with Crippen molar-refractivity contribution < 1.29 is 4.79 Å². The van der Waals surface area contributed by atoms with E-state index in [-0.39, 0.29) is 5.91 Å². The second-order valence-corrected chi connectivity index (χ2v) is 5.24. The van der Waals surface area contributed by atoms with Gasteiger partial charge >= 0.3 is 0 Å². The van der Waals surface area contributed by atoms with Gasteiger partial charge in [-0.3, -0.25) is 4.79 Å². The molecule has 3 rings (SSSR count). The number of anilines is 3. The highest BCUT2D eigenvalue weighted by Crippen LogP contribution is 2.31. The average molecular weight is 288 g/mol. The van der Waals surface area contributed by atoms with Crippen LogP contribution in [0, 0.1) is 0 Å². The van der Waals surface area contributed by atoms with Gasteiger partial charge in [-0.1, -0.05) is 23.7 Å². The Hall–Kier alpha value is -2.20. The number of nitrogens with one attached hydrogen (secondary N) is 2. The van der Waals surface area contributed by atoms with E-state index in [2.05, 4.69) is 10.6 Å². The first-order chi connectivity index (χ1) is 9.61. The molecule has 0 saturated heterocycles. The molecule has 4 nitrogen and oxygen atoms in total. The van der Waals surface area contributed by atoms with Crippen LogP contribution in [0.1, 0.15) is 11.1 Å². The Labute approximate surface area is 121 Å². The minimum absolute atomic E-state index is 0.00857. The van der Waals surface area contributed by atoms with Crippen molar-refractivity contribution in [1.82, 2.24) is 0 Å². The number of hydrogen-bond acceptors (Lipinski definition) is 3. The zero-order chi connectivity index (χ0) is 14.1. The molecule has 20 heavy (non-hydrogen) atoms. The smallest absolute Gasteiger partial charge is 0.228 e. The first-order valence-corrected chi connectivity index (χ1v) is 6.70. The van der Waals surface area contributed by atoms with Crippen LogP contribution in [-0.2, 0) is 17.8 Å². The van der Waals surface area contributed by atoms with Crippen LogP contribution in [0.2, 0.25) is 5.02 Å². The molecule has 0 unspecified atom stereocenters. The quantitative estimate of drug-likeness (QED) is 0.760. The number of fused-ring (bicyclic) bond motifs is 1. The molecule has 0 aliphatic carbocycles. The van der Waals surface area contributed by atoms with Crippen molar-refractivity contribution >= 4 is 34.6 Å². The van der Waals surface area contributed by atoms with Crippen molar-refractivity contribution in [2.75, 3.05) is 16.4 Å². The van der Waals surface area contributed by atoms with E-state index in [4.69, 9.17) is 17.3 Å². The molecule has 5 heteroatoms. The zero-order valence-electron chi connectivity index (χ0n) is 10.7. The van der Waals surface area contributed by atoms with Gasteiger partial charge in [-0.15, -0.1) is 0 Å². The van der Waals surface area contributed by atoms with Gasteiger partial charge in [0, 0.05) is 17.3 Å². The van der Waals surface area contributed by atoms with Crippen LogP contribution in [0.5, 0.6) is 0 Å². The summed E-state index contributed by atoms with van der Waals surface area (Å²) in [5.41, 5.74) is 10.4. The number of benzene rings is 2. The van der Waals surface area contributed by atoms with E-state index in [0.29, 0.717) is 23.7 Å². The van der Waals surface area contributed by atoms with E-state index in [9.17, 15) is 4.79 Å². The Morgan fingerprint density at radius 2 is 2.00 bits per heavy atom. The van der Waals surface area contributed by atoms with Gasteiger partial charge in [0.05, 0.1) is 17.8 Å². The van der Waals surface area contributed by atoms with E-state index in [1.807, 2.05) is 36.4 Å². The molecule has 0 aromatic heterocycles. The lowest BCUT2D eigenvalue weighted by Gasteiger charge is -2.11. The number of carbonyl (C=O) groups is 1. The van der Waals surface area contributed by atoms with Crippen molar-refractivity contribution in [2.24, 2.45) is 0 Å². The maximum Gasteiger partial charge on any atom is 0.228 e. The van der Waals surface area contributed by atoms with E-state index in [0.717, 1.165) is 22.5 Å². The monoisotopic (exact) mass is 287 g/mol. The topological polar surface area (TPSA) is 67.2 Å². The fourth-order valence-corrected chi connectivity index (χ4v) is 2.37. The van der Waals surface area contributed by atoms with Crippen molar-refractivity contribution in [1.29, 1.82) is 0 Å². The van der Waals surface area contributed by atoms with Crippen LogP contribution in [0.3, 0.4) is 0 Å². The van der Waals surface area contributed by atoms with Crippen LogP contribution in [0.25, 0.3) is 0 Å². The fourth-order valence-electron chi connectivity index (χ4n) is 2.25. The summed E-state index contributed by atoms with van der Waals surface area (Å²) in [5.74, 6) is 0.00857. The van der Waals surface area contributed by atoms with E-state index >= 15 is 0 Å². The van der Waals surface area contributed by atoms with Crippen LogP contribution in [0.15, 0.2) is 36.4 Å². The summed E-state index contributed by atoms with van der Waals surface area (Å²) in [6.45, 7) is 0.647. The molecule has 0 saturated carbocycles. The van der Waals surface area contributed by atoms with Crippen molar-refractivity contribution in [2.45, 2.75) is 13.0 Å². The molecule has 0 spiro atoms. The first kappa shape index (κ1) is 12.8. The van der Waals surface area contributed by atoms with Crippen LogP contribution >= 0.6 is 11.6 Å². The molecule has 102 valence electrons. The maximum absolute atomic E-state index is 11.3. The minimum Gasteiger partial charge on any atom is -0.397 e. The lowest BCUT2D eigenvalue weighted by Crippen LogP contribution is -2.04. The second-order valence-electron chi connectivity index (χ2n) is 4.80. The summed E-state index contributed by atoms with van der Waals surface area (Å²) in [6.07, 6.45) is 0.400. The highest BCUT2D eigenvalue weighted by Gasteiger charge is 2.19. The second kappa shape index (κ2) is 5.06. The summed E-state index contributed by atoms with van der Waals surface area (Å²) in [7, 11) is 0. The van der Waals surface area contributed by atoms with Crippen LogP contribution in [-0.4, -0.2) is 5.91 Å². The van der Waals surface area contributed by atoms with E-state index < -0.39 is 0 Å². The van der Waals surface area contributed by atoms with Crippen LogP contribution in [0.4, 0.5) is 17.1 Å². The number of halogens is 1. The summed E-state index contributed by atoms with van der Waals surface area (Å²) >= 11 is 5.85. The summed E-state index contributed by atoms with van der Waals surface area (Å²) in [6, 6.07) is 11.3. The Kier molecular flexibility index (Phi) is 3.24. The van der Waals surface area contributed by atoms with Gasteiger partial charge < -0.3 is 16.4 Å². The Morgan fingerprint density at radius 3 is 2.75 bits per heavy atom. The molecule has 1 aliphatic rings.